The van der Waals surface area contributed by atoms with Crippen LogP contribution >= 0.6 is 0 Å². The maximum absolute atomic E-state index is 6.62. The highest BCUT2D eigenvalue weighted by molar-refractivity contribution is 6.34. The molecule has 0 aliphatic carbocycles. The second kappa shape index (κ2) is 28.3. The van der Waals surface area contributed by atoms with Crippen LogP contribution in [0, 0.1) is 0 Å². The van der Waals surface area contributed by atoms with Crippen molar-refractivity contribution in [3.63, 3.8) is 0 Å². The van der Waals surface area contributed by atoms with Crippen LogP contribution in [0.3, 0.4) is 0 Å². The maximum Gasteiger partial charge on any atom is 0.143 e. The predicted molar refractivity (Wildman–Crippen MR) is 556 cm³/mol. The third-order valence-electron chi connectivity index (χ3n) is 28.3. The average molecular weight is 1680 g/mol. The summed E-state index contributed by atoms with van der Waals surface area (Å²) in [6.45, 7) is 20.6. The van der Waals surface area contributed by atoms with E-state index in [1.807, 2.05) is 36.4 Å². The summed E-state index contributed by atoms with van der Waals surface area (Å²) >= 11 is 0. The molecular formula is C126H88O5. The normalized spacial score (nSPS) is 12.6. The lowest BCUT2D eigenvalue weighted by Gasteiger charge is -2.23. The summed E-state index contributed by atoms with van der Waals surface area (Å²) in [5, 5.41) is 34.5. The molecule has 5 nitrogen and oxygen atoms in total. The van der Waals surface area contributed by atoms with Crippen molar-refractivity contribution in [2.75, 3.05) is 0 Å². The summed E-state index contributed by atoms with van der Waals surface area (Å²) in [5.41, 5.74) is 27.5. The van der Waals surface area contributed by atoms with Crippen LogP contribution < -0.4 is 0 Å². The highest BCUT2D eigenvalue weighted by Crippen LogP contribution is 2.54. The SMILES string of the molecule is CC(C)(C)c1cc2ccc3c(-c4ccc5c(c4)oc4ccccc45)cc(-c4cccc5c4oc4ccccc45)c4ccc(c1)c2c34.CC(C)(C)c1cc2ccc3c(-c4cccc5c4oc4ccccc45)cc(-c4cccc5c4oc4ccccc45)c4ccc(c1)c2c34.CC(C)(C)c1cc2ccc3c(-c4ccccc4)cc(-c4cccc5oc6ccccc6c45)c4ccc(c1)c2c34. The van der Waals surface area contributed by atoms with E-state index >= 15 is 0 Å². The van der Waals surface area contributed by atoms with E-state index in [4.69, 9.17) is 22.1 Å². The number of hydrogen-bond donors (Lipinski definition) is 0. The van der Waals surface area contributed by atoms with Crippen molar-refractivity contribution in [1.29, 1.82) is 0 Å². The summed E-state index contributed by atoms with van der Waals surface area (Å²) < 4.78 is 32.5. The molecule has 0 bridgehead atoms. The number of benzene rings is 23. The van der Waals surface area contributed by atoms with E-state index in [1.165, 1.54) is 152 Å². The Balaban J connectivity index is 0.000000104. The van der Waals surface area contributed by atoms with Gasteiger partial charge in [0.2, 0.25) is 0 Å². The van der Waals surface area contributed by atoms with Crippen LogP contribution in [0.2, 0.25) is 0 Å². The van der Waals surface area contributed by atoms with Gasteiger partial charge in [-0.2, -0.15) is 0 Å². The van der Waals surface area contributed by atoms with Gasteiger partial charge in [0.25, 0.3) is 0 Å². The van der Waals surface area contributed by atoms with Crippen LogP contribution in [-0.4, -0.2) is 0 Å². The first-order valence-electron chi connectivity index (χ1n) is 45.7. The van der Waals surface area contributed by atoms with Gasteiger partial charge in [0.15, 0.2) is 0 Å². The number of rotatable bonds is 6. The maximum atomic E-state index is 6.62. The number of fused-ring (bicyclic) bond motifs is 15. The van der Waals surface area contributed by atoms with Gasteiger partial charge in [0.05, 0.1) is 0 Å². The van der Waals surface area contributed by atoms with Gasteiger partial charge in [-0.3, -0.25) is 0 Å². The van der Waals surface area contributed by atoms with Crippen LogP contribution in [0.15, 0.2) is 392 Å². The fourth-order valence-corrected chi connectivity index (χ4v) is 21.8. The minimum Gasteiger partial charge on any atom is -0.456 e. The van der Waals surface area contributed by atoms with E-state index < -0.39 is 0 Å². The molecule has 0 saturated carbocycles. The molecule has 0 atom stereocenters. The van der Waals surface area contributed by atoms with E-state index in [2.05, 4.69) is 396 Å². The molecule has 28 aromatic rings. The Labute approximate surface area is 755 Å². The molecule has 0 aliphatic rings. The molecule has 0 amide bonds. The lowest BCUT2D eigenvalue weighted by atomic mass is 9.81. The second-order valence-corrected chi connectivity index (χ2v) is 39.2. The van der Waals surface area contributed by atoms with Crippen molar-refractivity contribution < 1.29 is 22.1 Å². The van der Waals surface area contributed by atoms with E-state index in [1.54, 1.807) is 0 Å². The molecule has 0 spiro atoms. The Morgan fingerprint density at radius 3 is 0.802 bits per heavy atom. The van der Waals surface area contributed by atoms with Gasteiger partial charge >= 0.3 is 0 Å². The summed E-state index contributed by atoms with van der Waals surface area (Å²) in [6.07, 6.45) is 0. The Morgan fingerprint density at radius 2 is 0.412 bits per heavy atom. The van der Waals surface area contributed by atoms with Gasteiger partial charge in [-0.05, 0) is 247 Å². The zero-order chi connectivity index (χ0) is 87.8. The lowest BCUT2D eigenvalue weighted by molar-refractivity contribution is 0.591. The molecule has 23 aromatic carbocycles. The van der Waals surface area contributed by atoms with Crippen molar-refractivity contribution in [3.8, 4) is 66.8 Å². The van der Waals surface area contributed by atoms with Crippen LogP contribution in [0.4, 0.5) is 0 Å². The van der Waals surface area contributed by atoms with Gasteiger partial charge in [-0.15, -0.1) is 0 Å². The van der Waals surface area contributed by atoms with Gasteiger partial charge in [-0.25, -0.2) is 0 Å². The Hall–Kier alpha value is -15.8. The van der Waals surface area contributed by atoms with E-state index in [9.17, 15) is 0 Å². The summed E-state index contributed by atoms with van der Waals surface area (Å²) in [4.78, 5) is 0. The molecule has 0 unspecified atom stereocenters. The van der Waals surface area contributed by atoms with Crippen LogP contribution in [0.1, 0.15) is 79.0 Å². The third-order valence-corrected chi connectivity index (χ3v) is 28.3. The monoisotopic (exact) mass is 1680 g/mol. The second-order valence-electron chi connectivity index (χ2n) is 39.2. The highest BCUT2D eigenvalue weighted by atomic mass is 16.3. The fourth-order valence-electron chi connectivity index (χ4n) is 21.8. The zero-order valence-corrected chi connectivity index (χ0v) is 74.3. The minimum absolute atomic E-state index is 0.0502. The van der Waals surface area contributed by atoms with Crippen molar-refractivity contribution in [3.05, 3.63) is 387 Å². The zero-order valence-electron chi connectivity index (χ0n) is 74.3. The summed E-state index contributed by atoms with van der Waals surface area (Å²) in [5.74, 6) is 0. The van der Waals surface area contributed by atoms with Gasteiger partial charge in [0.1, 0.15) is 55.8 Å². The first-order valence-corrected chi connectivity index (χ1v) is 45.7. The van der Waals surface area contributed by atoms with Crippen molar-refractivity contribution in [2.24, 2.45) is 0 Å². The summed E-state index contributed by atoms with van der Waals surface area (Å²) in [7, 11) is 0. The largest absolute Gasteiger partial charge is 0.456 e. The smallest absolute Gasteiger partial charge is 0.143 e. The highest BCUT2D eigenvalue weighted by Gasteiger charge is 2.29. The van der Waals surface area contributed by atoms with E-state index in [0.29, 0.717) is 0 Å². The molecular weight excluding hydrogens is 1590 g/mol. The number of hydrogen-bond acceptors (Lipinski definition) is 5. The van der Waals surface area contributed by atoms with Crippen molar-refractivity contribution >= 4 is 207 Å². The Kier molecular flexibility index (Phi) is 16.5. The molecule has 5 aromatic heterocycles. The van der Waals surface area contributed by atoms with Gasteiger partial charge in [0, 0.05) is 70.6 Å². The number of para-hydroxylation sites is 8. The molecule has 5 heterocycles. The molecule has 0 aliphatic heterocycles. The molecule has 131 heavy (non-hydrogen) atoms. The topological polar surface area (TPSA) is 65.7 Å². The van der Waals surface area contributed by atoms with Gasteiger partial charge < -0.3 is 22.1 Å². The van der Waals surface area contributed by atoms with Gasteiger partial charge in [-0.1, -0.05) is 366 Å². The Morgan fingerprint density at radius 1 is 0.145 bits per heavy atom. The predicted octanol–water partition coefficient (Wildman–Crippen LogP) is 37.1. The average Bonchev–Trinajstić information content (AvgIpc) is 1.65. The van der Waals surface area contributed by atoms with Crippen LogP contribution in [0.5, 0.6) is 0 Å². The quantitative estimate of drug-likeness (QED) is 0.155. The molecule has 0 radical (unpaired) electrons. The number of furan rings is 5. The van der Waals surface area contributed by atoms with Crippen LogP contribution in [-0.2, 0) is 16.2 Å². The lowest BCUT2D eigenvalue weighted by Crippen LogP contribution is -2.10. The van der Waals surface area contributed by atoms with E-state index in [-0.39, 0.29) is 16.2 Å². The summed E-state index contributed by atoms with van der Waals surface area (Å²) in [6, 6.07) is 134. The molecule has 622 valence electrons. The first-order chi connectivity index (χ1) is 63.8. The molecule has 0 N–H and O–H groups in total. The van der Waals surface area contributed by atoms with Crippen LogP contribution in [0.25, 0.3) is 273 Å². The molecule has 0 fully saturated rings. The minimum atomic E-state index is 0.0502. The van der Waals surface area contributed by atoms with E-state index in [0.717, 1.165) is 138 Å². The fraction of sp³-hybridized carbons (Fsp3) is 0.0952. The molecule has 5 heteroatoms. The van der Waals surface area contributed by atoms with Crippen molar-refractivity contribution in [1.82, 2.24) is 0 Å². The molecule has 0 saturated heterocycles. The molecule has 28 rings (SSSR count). The first kappa shape index (κ1) is 76.4. The third kappa shape index (κ3) is 11.9. The Bertz CT molecular complexity index is 9390. The standard InChI is InChI=1S/2C44H30O2.C38H28O/c1-44(2,3)27-22-25-18-20-30-36(34-14-8-12-32-28-10-4-6-16-38(28)45-42(32)34)24-37(31-21-19-26(23-27)40(25)41(30)31)35-15-9-13-33-29-11-5-7-17-39(29)46-43(33)35;1-44(2,3)28-21-26-16-19-32-36(25-15-18-31-29-9-4-6-13-38(29)45-40(31)23-25)24-37(33-20-17-27(22-28)41(26)42(32)33)35-12-8-11-34-30-10-5-7-14-39(30)46-43(34)35;1-38(2,3)26-20-24-16-18-28-31(23-10-5-4-6-11-23)22-32(29-19-17-25(21-26)35(24)37(28)29)27-13-9-15-34-36(27)30-12-7-8-14-33(30)39-34/h2*4-24H,1-3H3;4-22H,1-3H3. The van der Waals surface area contributed by atoms with Crippen molar-refractivity contribution in [2.45, 2.75) is 78.6 Å².